The van der Waals surface area contributed by atoms with Gasteiger partial charge in [-0.1, -0.05) is 39.0 Å². The Morgan fingerprint density at radius 2 is 1.85 bits per heavy atom. The zero-order valence-electron chi connectivity index (χ0n) is 13.8. The fraction of sp³-hybridized carbons (Fsp3) is 0.647. The molecule has 0 aliphatic heterocycles. The summed E-state index contributed by atoms with van der Waals surface area (Å²) in [5.74, 6) is 0.943. The van der Waals surface area contributed by atoms with Crippen molar-refractivity contribution < 1.29 is 4.74 Å². The normalized spacial score (nSPS) is 15.2. The Morgan fingerprint density at radius 3 is 2.35 bits per heavy atom. The minimum absolute atomic E-state index is 0.173. The van der Waals surface area contributed by atoms with E-state index in [-0.39, 0.29) is 11.5 Å². The largest absolute Gasteiger partial charge is 0.494 e. The third-order valence-corrected chi connectivity index (χ3v) is 4.16. The smallest absolute Gasteiger partial charge is 0.124 e. The molecule has 0 aliphatic carbocycles. The predicted molar refractivity (Wildman–Crippen MR) is 86.1 cm³/mol. The third-order valence-electron chi connectivity index (χ3n) is 4.16. The van der Waals surface area contributed by atoms with Crippen LogP contribution in [0.15, 0.2) is 24.3 Å². The molecule has 2 unspecified atom stereocenters. The van der Waals surface area contributed by atoms with E-state index in [4.69, 9.17) is 10.5 Å². The lowest BCUT2D eigenvalue weighted by Crippen LogP contribution is -2.43. The first-order valence-electron chi connectivity index (χ1n) is 7.46. The van der Waals surface area contributed by atoms with Gasteiger partial charge in [-0.3, -0.25) is 4.90 Å². The fourth-order valence-electron chi connectivity index (χ4n) is 2.44. The lowest BCUT2D eigenvalue weighted by atomic mass is 9.86. The van der Waals surface area contributed by atoms with E-state index in [2.05, 4.69) is 51.8 Å². The maximum atomic E-state index is 6.05. The van der Waals surface area contributed by atoms with Gasteiger partial charge < -0.3 is 10.5 Å². The van der Waals surface area contributed by atoms with Crippen LogP contribution in [-0.4, -0.2) is 31.1 Å². The number of hydrogen-bond donors (Lipinski definition) is 1. The molecule has 114 valence electrons. The zero-order chi connectivity index (χ0) is 15.3. The second-order valence-electron chi connectivity index (χ2n) is 6.43. The van der Waals surface area contributed by atoms with E-state index < -0.39 is 0 Å². The number of para-hydroxylation sites is 1. The lowest BCUT2D eigenvalue weighted by molar-refractivity contribution is 0.0985. The summed E-state index contributed by atoms with van der Waals surface area (Å²) in [4.78, 5) is 2.36. The summed E-state index contributed by atoms with van der Waals surface area (Å²) >= 11 is 0. The molecule has 0 amide bonds. The molecule has 0 saturated carbocycles. The molecule has 1 rings (SSSR count). The van der Waals surface area contributed by atoms with Crippen LogP contribution < -0.4 is 10.5 Å². The monoisotopic (exact) mass is 278 g/mol. The zero-order valence-corrected chi connectivity index (χ0v) is 13.8. The van der Waals surface area contributed by atoms with Gasteiger partial charge in [-0.05, 0) is 32.4 Å². The number of likely N-dealkylation sites (N-methyl/N-ethyl adjacent to an activating group) is 1. The molecule has 1 aromatic carbocycles. The molecule has 0 aliphatic rings. The van der Waals surface area contributed by atoms with Crippen molar-refractivity contribution in [3.63, 3.8) is 0 Å². The van der Waals surface area contributed by atoms with E-state index >= 15 is 0 Å². The van der Waals surface area contributed by atoms with Crippen molar-refractivity contribution in [1.29, 1.82) is 0 Å². The van der Waals surface area contributed by atoms with Gasteiger partial charge in [-0.25, -0.2) is 0 Å². The molecule has 0 fully saturated rings. The molecule has 0 radical (unpaired) electrons. The topological polar surface area (TPSA) is 38.5 Å². The molecule has 2 atom stereocenters. The molecule has 0 aromatic heterocycles. The minimum atomic E-state index is 0.173. The van der Waals surface area contributed by atoms with Gasteiger partial charge in [0.25, 0.3) is 0 Å². The van der Waals surface area contributed by atoms with E-state index in [1.165, 1.54) is 5.56 Å². The molecular formula is C17H30N2O. The van der Waals surface area contributed by atoms with Crippen molar-refractivity contribution in [2.24, 2.45) is 11.1 Å². The van der Waals surface area contributed by atoms with Crippen LogP contribution in [0.5, 0.6) is 5.75 Å². The predicted octanol–water partition coefficient (Wildman–Crippen LogP) is 3.45. The molecular weight excluding hydrogens is 248 g/mol. The first-order valence-corrected chi connectivity index (χ1v) is 7.46. The Labute approximate surface area is 124 Å². The fourth-order valence-corrected chi connectivity index (χ4v) is 2.44. The molecule has 0 spiro atoms. The quantitative estimate of drug-likeness (QED) is 0.866. The number of nitrogens with zero attached hydrogens (tertiary/aromatic N) is 1. The van der Waals surface area contributed by atoms with Crippen LogP contribution in [0.25, 0.3) is 0 Å². The summed E-state index contributed by atoms with van der Waals surface area (Å²) < 4.78 is 5.75. The van der Waals surface area contributed by atoms with Gasteiger partial charge in [0.2, 0.25) is 0 Å². The Morgan fingerprint density at radius 1 is 1.25 bits per heavy atom. The minimum Gasteiger partial charge on any atom is -0.494 e. The van der Waals surface area contributed by atoms with Gasteiger partial charge in [0.1, 0.15) is 5.75 Å². The summed E-state index contributed by atoms with van der Waals surface area (Å²) in [6.45, 7) is 12.3. The van der Waals surface area contributed by atoms with Crippen LogP contribution in [0.4, 0.5) is 0 Å². The van der Waals surface area contributed by atoms with E-state index in [9.17, 15) is 0 Å². The van der Waals surface area contributed by atoms with Crippen LogP contribution in [0.1, 0.15) is 46.2 Å². The molecule has 2 N–H and O–H groups in total. The second-order valence-corrected chi connectivity index (χ2v) is 6.43. The Hall–Kier alpha value is -1.06. The van der Waals surface area contributed by atoms with Crippen LogP contribution >= 0.6 is 0 Å². The van der Waals surface area contributed by atoms with Gasteiger partial charge in [-0.2, -0.15) is 0 Å². The highest BCUT2D eigenvalue weighted by Gasteiger charge is 2.29. The van der Waals surface area contributed by atoms with Crippen molar-refractivity contribution in [2.75, 3.05) is 20.2 Å². The van der Waals surface area contributed by atoms with Gasteiger partial charge in [0, 0.05) is 18.2 Å². The van der Waals surface area contributed by atoms with Gasteiger partial charge in [0.15, 0.2) is 0 Å². The van der Waals surface area contributed by atoms with Crippen molar-refractivity contribution >= 4 is 0 Å². The number of ether oxygens (including phenoxy) is 1. The summed E-state index contributed by atoms with van der Waals surface area (Å²) in [6, 6.07) is 8.80. The number of benzene rings is 1. The van der Waals surface area contributed by atoms with E-state index in [1.807, 2.05) is 19.1 Å². The average Bonchev–Trinajstić information content (AvgIpc) is 2.39. The van der Waals surface area contributed by atoms with Gasteiger partial charge >= 0.3 is 0 Å². The Balaban J connectivity index is 3.07. The standard InChI is InChI=1S/C17H30N2O/c1-7-20-16-11-9-8-10-14(16)15(12-18)19(6)13(2)17(3,4)5/h8-11,13,15H,7,12,18H2,1-6H3. The summed E-state index contributed by atoms with van der Waals surface area (Å²) in [7, 11) is 2.15. The first-order chi connectivity index (χ1) is 9.32. The van der Waals surface area contributed by atoms with Crippen LogP contribution in [-0.2, 0) is 0 Å². The SMILES string of the molecule is CCOc1ccccc1C(CN)N(C)C(C)C(C)(C)C. The average molecular weight is 278 g/mol. The highest BCUT2D eigenvalue weighted by Crippen LogP contribution is 2.33. The van der Waals surface area contributed by atoms with E-state index in [0.717, 1.165) is 5.75 Å². The number of hydrogen-bond acceptors (Lipinski definition) is 3. The van der Waals surface area contributed by atoms with Gasteiger partial charge in [-0.15, -0.1) is 0 Å². The maximum absolute atomic E-state index is 6.05. The molecule has 1 aromatic rings. The molecule has 0 heterocycles. The Kier molecular flexibility index (Phi) is 6.03. The van der Waals surface area contributed by atoms with E-state index in [1.54, 1.807) is 0 Å². The Bertz CT molecular complexity index is 412. The molecule has 0 bridgehead atoms. The summed E-state index contributed by atoms with van der Waals surface area (Å²) in [6.07, 6.45) is 0. The number of nitrogens with two attached hydrogens (primary N) is 1. The van der Waals surface area contributed by atoms with Crippen LogP contribution in [0, 0.1) is 5.41 Å². The lowest BCUT2D eigenvalue weighted by Gasteiger charge is -2.40. The van der Waals surface area contributed by atoms with Crippen molar-refractivity contribution in [2.45, 2.75) is 46.7 Å². The molecule has 3 heteroatoms. The molecule has 3 nitrogen and oxygen atoms in total. The second kappa shape index (κ2) is 7.09. The summed E-state index contributed by atoms with van der Waals surface area (Å²) in [5, 5.41) is 0. The van der Waals surface area contributed by atoms with Crippen molar-refractivity contribution in [3.8, 4) is 5.75 Å². The molecule has 0 saturated heterocycles. The van der Waals surface area contributed by atoms with Crippen molar-refractivity contribution in [3.05, 3.63) is 29.8 Å². The third kappa shape index (κ3) is 3.97. The van der Waals surface area contributed by atoms with Crippen LogP contribution in [0.3, 0.4) is 0 Å². The number of rotatable bonds is 6. The van der Waals surface area contributed by atoms with Crippen molar-refractivity contribution in [1.82, 2.24) is 4.90 Å². The van der Waals surface area contributed by atoms with Gasteiger partial charge in [0.05, 0.1) is 12.6 Å². The molecule has 20 heavy (non-hydrogen) atoms. The first kappa shape index (κ1) is 17.0. The highest BCUT2D eigenvalue weighted by molar-refractivity contribution is 5.36. The maximum Gasteiger partial charge on any atom is 0.124 e. The highest BCUT2D eigenvalue weighted by atomic mass is 16.5. The van der Waals surface area contributed by atoms with E-state index in [0.29, 0.717) is 19.2 Å². The van der Waals surface area contributed by atoms with Crippen LogP contribution in [0.2, 0.25) is 0 Å². The summed E-state index contributed by atoms with van der Waals surface area (Å²) in [5.41, 5.74) is 7.44.